The van der Waals surface area contributed by atoms with Crippen LogP contribution in [0.2, 0.25) is 0 Å². The van der Waals surface area contributed by atoms with Gasteiger partial charge in [-0.05, 0) is 51.7 Å². The summed E-state index contributed by atoms with van der Waals surface area (Å²) in [6, 6.07) is 5.18. The summed E-state index contributed by atoms with van der Waals surface area (Å²) in [7, 11) is 1.75. The van der Waals surface area contributed by atoms with Gasteiger partial charge in [-0.1, -0.05) is 0 Å². The first kappa shape index (κ1) is 21.8. The van der Waals surface area contributed by atoms with Gasteiger partial charge in [-0.25, -0.2) is 4.98 Å². The van der Waals surface area contributed by atoms with Gasteiger partial charge >= 0.3 is 0 Å². The van der Waals surface area contributed by atoms with Crippen molar-refractivity contribution in [2.45, 2.75) is 57.7 Å². The van der Waals surface area contributed by atoms with Crippen LogP contribution in [0.15, 0.2) is 35.4 Å². The molecule has 0 bridgehead atoms. The molecule has 1 amide bonds. The standard InChI is InChI=1S/C22H29N7O3/c1-13(2)28-9-5-8-17(22(28)32)26-18-11-19(23-3)29-20(27-18)16(12-24-29)21(31)25-14-6-4-7-15(30)10-14/h5,8-9,11-15,23,30H,4,6-7,10H2,1-3H3,(H,25,31)(H,26,27)/t14?,15-/m0/s1. The van der Waals surface area contributed by atoms with E-state index < -0.39 is 0 Å². The number of aliphatic hydroxyl groups excluding tert-OH is 1. The number of amides is 1. The van der Waals surface area contributed by atoms with E-state index in [0.29, 0.717) is 35.0 Å². The normalized spacial score (nSPS) is 18.7. The minimum absolute atomic E-state index is 0.0241. The van der Waals surface area contributed by atoms with Crippen LogP contribution in [0.25, 0.3) is 5.65 Å². The second-order valence-electron chi connectivity index (χ2n) is 8.41. The number of nitrogens with zero attached hydrogens (tertiary/aromatic N) is 4. The number of aliphatic hydroxyl groups is 1. The van der Waals surface area contributed by atoms with Gasteiger partial charge in [-0.15, -0.1) is 0 Å². The van der Waals surface area contributed by atoms with Crippen molar-refractivity contribution in [3.63, 3.8) is 0 Å². The molecule has 4 N–H and O–H groups in total. The fraction of sp³-hybridized carbons (Fsp3) is 0.455. The zero-order valence-electron chi connectivity index (χ0n) is 18.5. The van der Waals surface area contributed by atoms with Gasteiger partial charge in [-0.3, -0.25) is 9.59 Å². The van der Waals surface area contributed by atoms with Crippen LogP contribution in [0.1, 0.15) is 55.9 Å². The van der Waals surface area contributed by atoms with Crippen molar-refractivity contribution in [1.29, 1.82) is 0 Å². The summed E-state index contributed by atoms with van der Waals surface area (Å²) in [6.07, 6.45) is 5.86. The molecule has 0 spiro atoms. The molecule has 3 heterocycles. The second-order valence-corrected chi connectivity index (χ2v) is 8.41. The average molecular weight is 440 g/mol. The number of anilines is 3. The predicted octanol–water partition coefficient (Wildman–Crippen LogP) is 2.29. The van der Waals surface area contributed by atoms with E-state index in [1.54, 1.807) is 40.5 Å². The molecule has 2 atom stereocenters. The number of hydrogen-bond acceptors (Lipinski definition) is 7. The molecule has 10 heteroatoms. The Hall–Kier alpha value is -3.40. The molecule has 0 radical (unpaired) electrons. The van der Waals surface area contributed by atoms with Crippen molar-refractivity contribution in [3.05, 3.63) is 46.5 Å². The van der Waals surface area contributed by atoms with Crippen LogP contribution < -0.4 is 21.5 Å². The molecule has 1 fully saturated rings. The first-order chi connectivity index (χ1) is 15.4. The van der Waals surface area contributed by atoms with Crippen molar-refractivity contribution >= 4 is 28.9 Å². The minimum atomic E-state index is -0.386. The molecule has 170 valence electrons. The van der Waals surface area contributed by atoms with E-state index in [2.05, 4.69) is 26.0 Å². The molecule has 1 unspecified atom stereocenters. The highest BCUT2D eigenvalue weighted by molar-refractivity contribution is 6.00. The van der Waals surface area contributed by atoms with Gasteiger partial charge in [0.05, 0.1) is 12.3 Å². The lowest BCUT2D eigenvalue weighted by molar-refractivity contribution is 0.0851. The number of pyridine rings is 1. The number of carbonyl (C=O) groups is 1. The molecule has 4 rings (SSSR count). The Labute approximate surface area is 185 Å². The Balaban J connectivity index is 1.66. The predicted molar refractivity (Wildman–Crippen MR) is 123 cm³/mol. The number of carbonyl (C=O) groups excluding carboxylic acids is 1. The van der Waals surface area contributed by atoms with Crippen LogP contribution in [-0.4, -0.2) is 49.4 Å². The molecule has 1 aliphatic carbocycles. The van der Waals surface area contributed by atoms with Gasteiger partial charge < -0.3 is 25.6 Å². The first-order valence-corrected chi connectivity index (χ1v) is 10.9. The average Bonchev–Trinajstić information content (AvgIpc) is 3.18. The molecular formula is C22H29N7O3. The quantitative estimate of drug-likeness (QED) is 0.464. The third-order valence-electron chi connectivity index (χ3n) is 5.75. The molecule has 0 aliphatic heterocycles. The fourth-order valence-electron chi connectivity index (χ4n) is 4.07. The summed E-state index contributed by atoms with van der Waals surface area (Å²) in [4.78, 5) is 30.3. The zero-order chi connectivity index (χ0) is 22.8. The van der Waals surface area contributed by atoms with E-state index >= 15 is 0 Å². The van der Waals surface area contributed by atoms with Gasteiger partial charge in [-0.2, -0.15) is 9.61 Å². The Morgan fingerprint density at radius 3 is 2.84 bits per heavy atom. The largest absolute Gasteiger partial charge is 0.393 e. The maximum atomic E-state index is 13.0. The lowest BCUT2D eigenvalue weighted by Gasteiger charge is -2.26. The molecule has 1 saturated carbocycles. The van der Waals surface area contributed by atoms with E-state index in [4.69, 9.17) is 0 Å². The Morgan fingerprint density at radius 1 is 1.31 bits per heavy atom. The Bertz CT molecular complexity index is 1180. The van der Waals surface area contributed by atoms with Gasteiger partial charge in [0, 0.05) is 31.4 Å². The third kappa shape index (κ3) is 4.31. The second kappa shape index (κ2) is 8.99. The number of hydrogen-bond donors (Lipinski definition) is 4. The number of aromatic nitrogens is 4. The van der Waals surface area contributed by atoms with Crippen molar-refractivity contribution in [2.75, 3.05) is 17.7 Å². The van der Waals surface area contributed by atoms with Crippen LogP contribution in [0.3, 0.4) is 0 Å². The van der Waals surface area contributed by atoms with Crippen molar-refractivity contribution in [3.8, 4) is 0 Å². The van der Waals surface area contributed by atoms with Gasteiger partial charge in [0.2, 0.25) is 0 Å². The molecule has 32 heavy (non-hydrogen) atoms. The summed E-state index contributed by atoms with van der Waals surface area (Å²) >= 11 is 0. The van der Waals surface area contributed by atoms with E-state index in [-0.39, 0.29) is 29.7 Å². The highest BCUT2D eigenvalue weighted by atomic mass is 16.3. The molecule has 3 aromatic heterocycles. The van der Waals surface area contributed by atoms with Crippen LogP contribution in [0.5, 0.6) is 0 Å². The monoisotopic (exact) mass is 439 g/mol. The minimum Gasteiger partial charge on any atom is -0.393 e. The molecule has 0 saturated heterocycles. The van der Waals surface area contributed by atoms with Gasteiger partial charge in [0.25, 0.3) is 11.5 Å². The van der Waals surface area contributed by atoms with Crippen LogP contribution >= 0.6 is 0 Å². The number of fused-ring (bicyclic) bond motifs is 1. The fourth-order valence-corrected chi connectivity index (χ4v) is 4.07. The third-order valence-corrected chi connectivity index (χ3v) is 5.75. The number of rotatable bonds is 6. The zero-order valence-corrected chi connectivity index (χ0v) is 18.5. The smallest absolute Gasteiger partial charge is 0.274 e. The van der Waals surface area contributed by atoms with Gasteiger partial charge in [0.1, 0.15) is 22.9 Å². The van der Waals surface area contributed by atoms with Crippen LogP contribution in [0, 0.1) is 0 Å². The SMILES string of the molecule is CNc1cc(Nc2cccn(C(C)C)c2=O)nc2c(C(=O)NC3CCC[C@H](O)C3)cnn12. The lowest BCUT2D eigenvalue weighted by atomic mass is 9.93. The molecule has 1 aliphatic rings. The summed E-state index contributed by atoms with van der Waals surface area (Å²) in [5, 5.41) is 23.3. The maximum Gasteiger partial charge on any atom is 0.274 e. The van der Waals surface area contributed by atoms with Crippen molar-refractivity contribution in [1.82, 2.24) is 24.5 Å². The highest BCUT2D eigenvalue weighted by Gasteiger charge is 2.24. The van der Waals surface area contributed by atoms with Crippen LogP contribution in [-0.2, 0) is 0 Å². The summed E-state index contributed by atoms with van der Waals surface area (Å²) in [6.45, 7) is 3.88. The van der Waals surface area contributed by atoms with E-state index in [0.717, 1.165) is 19.3 Å². The molecule has 10 nitrogen and oxygen atoms in total. The summed E-state index contributed by atoms with van der Waals surface area (Å²) < 4.78 is 3.18. The number of nitrogens with one attached hydrogen (secondary N) is 3. The van der Waals surface area contributed by atoms with Gasteiger partial charge in [0.15, 0.2) is 5.65 Å². The summed E-state index contributed by atoms with van der Waals surface area (Å²) in [5.41, 5.74) is 0.936. The Kier molecular flexibility index (Phi) is 6.13. The Morgan fingerprint density at radius 2 is 2.12 bits per heavy atom. The van der Waals surface area contributed by atoms with Crippen molar-refractivity contribution in [2.24, 2.45) is 0 Å². The van der Waals surface area contributed by atoms with E-state index in [1.165, 1.54) is 6.20 Å². The van der Waals surface area contributed by atoms with E-state index in [1.807, 2.05) is 13.8 Å². The molecule has 0 aromatic carbocycles. The van der Waals surface area contributed by atoms with E-state index in [9.17, 15) is 14.7 Å². The van der Waals surface area contributed by atoms with Crippen molar-refractivity contribution < 1.29 is 9.90 Å². The molecule has 3 aromatic rings. The molecular weight excluding hydrogens is 410 g/mol. The lowest BCUT2D eigenvalue weighted by Crippen LogP contribution is -2.39. The topological polar surface area (TPSA) is 126 Å². The maximum absolute atomic E-state index is 13.0. The first-order valence-electron chi connectivity index (χ1n) is 10.9. The van der Waals surface area contributed by atoms with Crippen LogP contribution in [0.4, 0.5) is 17.3 Å². The highest BCUT2D eigenvalue weighted by Crippen LogP contribution is 2.22. The summed E-state index contributed by atoms with van der Waals surface area (Å²) in [5.74, 6) is 0.750.